The Labute approximate surface area is 124 Å². The van der Waals surface area contributed by atoms with Crippen molar-refractivity contribution in [2.45, 2.75) is 12.8 Å². The van der Waals surface area contributed by atoms with E-state index in [9.17, 15) is 22.4 Å². The first-order chi connectivity index (χ1) is 10.4. The maximum atomic E-state index is 13.4. The van der Waals surface area contributed by atoms with Crippen molar-refractivity contribution in [3.63, 3.8) is 0 Å². The van der Waals surface area contributed by atoms with Gasteiger partial charge >= 0.3 is 6.18 Å². The Morgan fingerprint density at radius 2 is 1.68 bits per heavy atom. The Kier molecular flexibility index (Phi) is 4.92. The molecule has 0 aromatic heterocycles. The summed E-state index contributed by atoms with van der Waals surface area (Å²) in [6.45, 7) is -0.468. The lowest BCUT2D eigenvalue weighted by Crippen LogP contribution is -2.18. The predicted octanol–water partition coefficient (Wildman–Crippen LogP) is 4.24. The number of halogens is 4. The molecule has 0 unspecified atom stereocenters. The lowest BCUT2D eigenvalue weighted by molar-refractivity contribution is -0.140. The van der Waals surface area contributed by atoms with Crippen LogP contribution in [0.4, 0.5) is 17.6 Å². The molecular formula is C16H12F4O2. The van der Waals surface area contributed by atoms with Gasteiger partial charge in [0.1, 0.15) is 18.0 Å². The minimum absolute atomic E-state index is 0.0866. The van der Waals surface area contributed by atoms with Crippen LogP contribution in [0.25, 0.3) is 0 Å². The van der Waals surface area contributed by atoms with Crippen molar-refractivity contribution in [1.82, 2.24) is 0 Å². The summed E-state index contributed by atoms with van der Waals surface area (Å²) < 4.78 is 57.0. The van der Waals surface area contributed by atoms with Gasteiger partial charge in [0.25, 0.3) is 0 Å². The molecule has 0 saturated heterocycles. The minimum atomic E-state index is -4.93. The molecule has 2 aromatic rings. The second-order valence-electron chi connectivity index (χ2n) is 4.56. The van der Waals surface area contributed by atoms with Gasteiger partial charge in [-0.2, -0.15) is 13.2 Å². The third-order valence-electron chi connectivity index (χ3n) is 2.94. The normalized spacial score (nSPS) is 11.5. The van der Waals surface area contributed by atoms with E-state index < -0.39 is 35.5 Å². The fourth-order valence-electron chi connectivity index (χ4n) is 1.96. The molecule has 0 aliphatic heterocycles. The molecule has 22 heavy (non-hydrogen) atoms. The maximum Gasteiger partial charge on any atom is 0.419 e. The zero-order chi connectivity index (χ0) is 16.2. The van der Waals surface area contributed by atoms with Gasteiger partial charge < -0.3 is 4.74 Å². The van der Waals surface area contributed by atoms with Crippen LogP contribution in [0.3, 0.4) is 0 Å². The number of hydrogen-bond acceptors (Lipinski definition) is 2. The summed E-state index contributed by atoms with van der Waals surface area (Å²) in [5.74, 6) is -2.39. The highest BCUT2D eigenvalue weighted by atomic mass is 19.4. The SMILES string of the molecule is O=C(COCc1ccccc1)c1cccc(F)c1C(F)(F)F. The molecule has 2 rings (SSSR count). The lowest BCUT2D eigenvalue weighted by Gasteiger charge is -2.13. The van der Waals surface area contributed by atoms with Gasteiger partial charge in [-0.3, -0.25) is 4.79 Å². The molecule has 0 saturated carbocycles. The molecule has 0 spiro atoms. The van der Waals surface area contributed by atoms with Gasteiger partial charge in [0.05, 0.1) is 6.61 Å². The van der Waals surface area contributed by atoms with Crippen molar-refractivity contribution in [2.24, 2.45) is 0 Å². The van der Waals surface area contributed by atoms with Gasteiger partial charge in [-0.05, 0) is 11.6 Å². The van der Waals surface area contributed by atoms with Crippen LogP contribution in [-0.2, 0) is 17.5 Å². The van der Waals surface area contributed by atoms with E-state index in [1.54, 1.807) is 30.3 Å². The number of ketones is 1. The molecule has 0 bridgehead atoms. The van der Waals surface area contributed by atoms with Crippen LogP contribution in [-0.4, -0.2) is 12.4 Å². The fourth-order valence-corrected chi connectivity index (χ4v) is 1.96. The quantitative estimate of drug-likeness (QED) is 0.609. The molecule has 0 amide bonds. The second kappa shape index (κ2) is 6.70. The van der Waals surface area contributed by atoms with Gasteiger partial charge in [-0.1, -0.05) is 42.5 Å². The van der Waals surface area contributed by atoms with Crippen molar-refractivity contribution in [2.75, 3.05) is 6.61 Å². The molecular weight excluding hydrogens is 300 g/mol. The molecule has 0 heterocycles. The topological polar surface area (TPSA) is 26.3 Å². The fraction of sp³-hybridized carbons (Fsp3) is 0.188. The van der Waals surface area contributed by atoms with Crippen molar-refractivity contribution in [1.29, 1.82) is 0 Å². The summed E-state index contributed by atoms with van der Waals surface area (Å²) in [6, 6.07) is 11.5. The van der Waals surface area contributed by atoms with Crippen LogP contribution in [0.5, 0.6) is 0 Å². The highest BCUT2D eigenvalue weighted by Gasteiger charge is 2.38. The average Bonchev–Trinajstić information content (AvgIpc) is 2.46. The molecule has 0 atom stereocenters. The van der Waals surface area contributed by atoms with Crippen molar-refractivity contribution in [3.8, 4) is 0 Å². The van der Waals surface area contributed by atoms with E-state index in [1.807, 2.05) is 0 Å². The first-order valence-corrected chi connectivity index (χ1v) is 6.40. The van der Waals surface area contributed by atoms with Crippen LogP contribution in [0.15, 0.2) is 48.5 Å². The maximum absolute atomic E-state index is 13.4. The van der Waals surface area contributed by atoms with Crippen molar-refractivity contribution < 1.29 is 27.1 Å². The van der Waals surface area contributed by atoms with E-state index in [4.69, 9.17) is 4.74 Å². The number of alkyl halides is 3. The first kappa shape index (κ1) is 16.2. The Bertz CT molecular complexity index is 651. The molecule has 0 aliphatic rings. The average molecular weight is 312 g/mol. The summed E-state index contributed by atoms with van der Waals surface area (Å²) >= 11 is 0. The Balaban J connectivity index is 2.09. The molecule has 0 N–H and O–H groups in total. The number of carbonyl (C=O) groups is 1. The number of hydrogen-bond donors (Lipinski definition) is 0. The smallest absolute Gasteiger partial charge is 0.369 e. The Hall–Kier alpha value is -2.21. The number of benzene rings is 2. The number of rotatable bonds is 5. The molecule has 116 valence electrons. The van der Waals surface area contributed by atoms with E-state index >= 15 is 0 Å². The summed E-state index contributed by atoms with van der Waals surface area (Å²) in [7, 11) is 0. The van der Waals surface area contributed by atoms with Crippen molar-refractivity contribution >= 4 is 5.78 Å². The Morgan fingerprint density at radius 3 is 2.32 bits per heavy atom. The molecule has 0 radical (unpaired) electrons. The largest absolute Gasteiger partial charge is 0.419 e. The van der Waals surface area contributed by atoms with Gasteiger partial charge in [0.15, 0.2) is 5.78 Å². The highest BCUT2D eigenvalue weighted by molar-refractivity contribution is 5.98. The molecule has 6 heteroatoms. The van der Waals surface area contributed by atoms with Gasteiger partial charge in [0.2, 0.25) is 0 Å². The number of ether oxygens (including phenoxy) is 1. The molecule has 2 nitrogen and oxygen atoms in total. The highest BCUT2D eigenvalue weighted by Crippen LogP contribution is 2.34. The van der Waals surface area contributed by atoms with E-state index in [-0.39, 0.29) is 6.61 Å². The van der Waals surface area contributed by atoms with E-state index in [0.717, 1.165) is 17.7 Å². The molecule has 0 aliphatic carbocycles. The van der Waals surface area contributed by atoms with Gasteiger partial charge in [0, 0.05) is 5.56 Å². The molecule has 0 fully saturated rings. The minimum Gasteiger partial charge on any atom is -0.369 e. The summed E-state index contributed by atoms with van der Waals surface area (Å²) in [4.78, 5) is 11.9. The zero-order valence-electron chi connectivity index (χ0n) is 11.4. The number of Topliss-reactive ketones (excluding diaryl/α,β-unsaturated/α-hetero) is 1. The van der Waals surface area contributed by atoms with E-state index in [0.29, 0.717) is 6.07 Å². The zero-order valence-corrected chi connectivity index (χ0v) is 11.4. The summed E-state index contributed by atoms with van der Waals surface area (Å²) in [5.41, 5.74) is -1.49. The van der Waals surface area contributed by atoms with E-state index in [2.05, 4.69) is 0 Å². The van der Waals surface area contributed by atoms with Crippen molar-refractivity contribution in [3.05, 3.63) is 71.0 Å². The first-order valence-electron chi connectivity index (χ1n) is 6.40. The van der Waals surface area contributed by atoms with Gasteiger partial charge in [-0.15, -0.1) is 0 Å². The monoisotopic (exact) mass is 312 g/mol. The molecule has 2 aromatic carbocycles. The summed E-state index contributed by atoms with van der Waals surface area (Å²) in [5, 5.41) is 0. The van der Waals surface area contributed by atoms with Crippen LogP contribution in [0.1, 0.15) is 21.5 Å². The van der Waals surface area contributed by atoms with Crippen LogP contribution >= 0.6 is 0 Å². The Morgan fingerprint density at radius 1 is 1.00 bits per heavy atom. The third kappa shape index (κ3) is 3.92. The predicted molar refractivity (Wildman–Crippen MR) is 71.8 cm³/mol. The number of carbonyl (C=O) groups excluding carboxylic acids is 1. The van der Waals surface area contributed by atoms with Crippen LogP contribution in [0.2, 0.25) is 0 Å². The van der Waals surface area contributed by atoms with Crippen LogP contribution < -0.4 is 0 Å². The van der Waals surface area contributed by atoms with E-state index in [1.165, 1.54) is 0 Å². The summed E-state index contributed by atoms with van der Waals surface area (Å²) in [6.07, 6.45) is -4.93. The van der Waals surface area contributed by atoms with Gasteiger partial charge in [-0.25, -0.2) is 4.39 Å². The lowest BCUT2D eigenvalue weighted by atomic mass is 10.0. The standard InChI is InChI=1S/C16H12F4O2/c17-13-8-4-7-12(15(13)16(18,19)20)14(21)10-22-9-11-5-2-1-3-6-11/h1-8H,9-10H2. The van der Waals surface area contributed by atoms with Crippen LogP contribution in [0, 0.1) is 5.82 Å². The second-order valence-corrected chi connectivity index (χ2v) is 4.56. The third-order valence-corrected chi connectivity index (χ3v) is 2.94.